The second-order valence-corrected chi connectivity index (χ2v) is 2.62. The van der Waals surface area contributed by atoms with Crippen molar-refractivity contribution in [2.24, 2.45) is 0 Å². The first-order valence-corrected chi connectivity index (χ1v) is 4.10. The second-order valence-electron chi connectivity index (χ2n) is 2.62. The molecule has 2 atom stereocenters. The third-order valence-corrected chi connectivity index (χ3v) is 1.39. The SMILES string of the molecule is C=CC(OC(C)=O)[C@H](C=C)OC(C)=O. The summed E-state index contributed by atoms with van der Waals surface area (Å²) in [6.07, 6.45) is 1.40. The number of ether oxygens (including phenoxy) is 2. The van der Waals surface area contributed by atoms with Crippen molar-refractivity contribution in [3.8, 4) is 0 Å². The summed E-state index contributed by atoms with van der Waals surface area (Å²) in [5.41, 5.74) is 0. The summed E-state index contributed by atoms with van der Waals surface area (Å²) in [7, 11) is 0. The lowest BCUT2D eigenvalue weighted by Crippen LogP contribution is -2.31. The average Bonchev–Trinajstić information content (AvgIpc) is 2.10. The molecule has 0 aromatic rings. The minimum absolute atomic E-state index is 0.464. The van der Waals surface area contributed by atoms with Gasteiger partial charge in [-0.3, -0.25) is 9.59 Å². The van der Waals surface area contributed by atoms with Crippen molar-refractivity contribution in [3.63, 3.8) is 0 Å². The Balaban J connectivity index is 4.43. The van der Waals surface area contributed by atoms with Gasteiger partial charge in [0.15, 0.2) is 12.2 Å². The molecule has 0 saturated carbocycles. The Morgan fingerprint density at radius 1 is 1.00 bits per heavy atom. The van der Waals surface area contributed by atoms with Crippen LogP contribution in [0.2, 0.25) is 0 Å². The van der Waals surface area contributed by atoms with E-state index in [2.05, 4.69) is 13.2 Å². The summed E-state index contributed by atoms with van der Waals surface area (Å²) in [4.78, 5) is 21.3. The molecule has 0 rings (SSSR count). The summed E-state index contributed by atoms with van der Waals surface area (Å²) in [5, 5.41) is 0. The van der Waals surface area contributed by atoms with Gasteiger partial charge in [0.05, 0.1) is 0 Å². The van der Waals surface area contributed by atoms with E-state index in [9.17, 15) is 9.59 Å². The van der Waals surface area contributed by atoms with Crippen LogP contribution in [0.3, 0.4) is 0 Å². The Hall–Kier alpha value is -1.58. The maximum absolute atomic E-state index is 10.7. The summed E-state index contributed by atoms with van der Waals surface area (Å²) in [5.74, 6) is -0.928. The van der Waals surface area contributed by atoms with E-state index in [1.54, 1.807) is 0 Å². The third-order valence-electron chi connectivity index (χ3n) is 1.39. The van der Waals surface area contributed by atoms with E-state index >= 15 is 0 Å². The lowest BCUT2D eigenvalue weighted by atomic mass is 10.2. The van der Waals surface area contributed by atoms with Crippen LogP contribution < -0.4 is 0 Å². The standard InChI is InChI=1S/C10H14O4/c1-5-9(13-7(3)11)10(6-2)14-8(4)12/h5-6,9-10H,1-2H2,3-4H3/t9-,10?/m0/s1. The molecule has 0 aliphatic carbocycles. The summed E-state index contributed by atoms with van der Waals surface area (Å²) in [6, 6.07) is 0. The monoisotopic (exact) mass is 198 g/mol. The van der Waals surface area contributed by atoms with Crippen molar-refractivity contribution in [1.29, 1.82) is 0 Å². The van der Waals surface area contributed by atoms with Gasteiger partial charge in [-0.2, -0.15) is 0 Å². The number of carbonyl (C=O) groups excluding carboxylic acids is 2. The van der Waals surface area contributed by atoms with E-state index in [0.29, 0.717) is 0 Å². The van der Waals surface area contributed by atoms with Gasteiger partial charge in [-0.15, -0.1) is 0 Å². The molecule has 0 saturated heterocycles. The Morgan fingerprint density at radius 3 is 1.43 bits per heavy atom. The lowest BCUT2D eigenvalue weighted by molar-refractivity contribution is -0.158. The molecule has 78 valence electrons. The molecule has 0 aliphatic rings. The largest absolute Gasteiger partial charge is 0.454 e. The maximum Gasteiger partial charge on any atom is 0.303 e. The third kappa shape index (κ3) is 4.45. The van der Waals surface area contributed by atoms with Gasteiger partial charge in [-0.25, -0.2) is 0 Å². The maximum atomic E-state index is 10.7. The highest BCUT2D eigenvalue weighted by Crippen LogP contribution is 2.07. The fourth-order valence-corrected chi connectivity index (χ4v) is 0.882. The van der Waals surface area contributed by atoms with Gasteiger partial charge in [-0.1, -0.05) is 13.2 Å². The van der Waals surface area contributed by atoms with E-state index in [4.69, 9.17) is 9.47 Å². The number of esters is 2. The Bertz CT molecular complexity index is 219. The highest BCUT2D eigenvalue weighted by Gasteiger charge is 2.20. The molecule has 0 amide bonds. The molecule has 0 fully saturated rings. The van der Waals surface area contributed by atoms with Crippen molar-refractivity contribution in [3.05, 3.63) is 25.3 Å². The van der Waals surface area contributed by atoms with E-state index in [1.165, 1.54) is 26.0 Å². The van der Waals surface area contributed by atoms with Crippen molar-refractivity contribution >= 4 is 11.9 Å². The number of hydrogen-bond acceptors (Lipinski definition) is 4. The van der Waals surface area contributed by atoms with Crippen LogP contribution in [-0.2, 0) is 19.1 Å². The number of hydrogen-bond donors (Lipinski definition) is 0. The predicted molar refractivity (Wildman–Crippen MR) is 51.5 cm³/mol. The Morgan fingerprint density at radius 2 is 1.29 bits per heavy atom. The van der Waals surface area contributed by atoms with Crippen LogP contribution in [0.4, 0.5) is 0 Å². The van der Waals surface area contributed by atoms with Gasteiger partial charge in [0.25, 0.3) is 0 Å². The second kappa shape index (κ2) is 5.96. The molecule has 4 nitrogen and oxygen atoms in total. The molecule has 0 radical (unpaired) electrons. The van der Waals surface area contributed by atoms with Crippen LogP contribution in [0.5, 0.6) is 0 Å². The molecule has 0 bridgehead atoms. The van der Waals surface area contributed by atoms with Crippen LogP contribution in [0.1, 0.15) is 13.8 Å². The summed E-state index contributed by atoms with van der Waals surface area (Å²) < 4.78 is 9.70. The molecule has 4 heteroatoms. The van der Waals surface area contributed by atoms with E-state index < -0.39 is 24.1 Å². The highest BCUT2D eigenvalue weighted by molar-refractivity contribution is 5.67. The topological polar surface area (TPSA) is 52.6 Å². The van der Waals surface area contributed by atoms with E-state index in [-0.39, 0.29) is 0 Å². The van der Waals surface area contributed by atoms with Crippen LogP contribution in [-0.4, -0.2) is 24.1 Å². The van der Waals surface area contributed by atoms with Gasteiger partial charge < -0.3 is 9.47 Å². The van der Waals surface area contributed by atoms with Crippen molar-refractivity contribution in [1.82, 2.24) is 0 Å². The van der Waals surface area contributed by atoms with Crippen molar-refractivity contribution in [2.75, 3.05) is 0 Å². The molecule has 0 heterocycles. The summed E-state index contributed by atoms with van der Waals surface area (Å²) in [6.45, 7) is 9.48. The van der Waals surface area contributed by atoms with E-state index in [1.807, 2.05) is 0 Å². The van der Waals surface area contributed by atoms with Crippen molar-refractivity contribution < 1.29 is 19.1 Å². The van der Waals surface area contributed by atoms with Crippen LogP contribution in [0.25, 0.3) is 0 Å². The fraction of sp³-hybridized carbons (Fsp3) is 0.400. The molecule has 14 heavy (non-hydrogen) atoms. The lowest BCUT2D eigenvalue weighted by Gasteiger charge is -2.20. The van der Waals surface area contributed by atoms with Crippen LogP contribution in [0, 0.1) is 0 Å². The van der Waals surface area contributed by atoms with Crippen LogP contribution >= 0.6 is 0 Å². The zero-order valence-electron chi connectivity index (χ0n) is 8.36. The van der Waals surface area contributed by atoms with E-state index in [0.717, 1.165) is 0 Å². The highest BCUT2D eigenvalue weighted by atomic mass is 16.6. The normalized spacial score (nSPS) is 13.6. The molecule has 0 aromatic carbocycles. The van der Waals surface area contributed by atoms with Crippen molar-refractivity contribution in [2.45, 2.75) is 26.1 Å². The predicted octanol–water partition coefficient (Wildman–Crippen LogP) is 1.22. The zero-order chi connectivity index (χ0) is 11.1. The van der Waals surface area contributed by atoms with Crippen LogP contribution in [0.15, 0.2) is 25.3 Å². The molecule has 0 spiro atoms. The quantitative estimate of drug-likeness (QED) is 0.492. The van der Waals surface area contributed by atoms with Gasteiger partial charge in [0.2, 0.25) is 0 Å². The molecule has 0 N–H and O–H groups in total. The zero-order valence-corrected chi connectivity index (χ0v) is 8.36. The fourth-order valence-electron chi connectivity index (χ4n) is 0.882. The minimum atomic E-state index is -0.686. The molecular formula is C10H14O4. The first kappa shape index (κ1) is 12.4. The first-order chi connectivity index (χ1) is 6.51. The summed E-state index contributed by atoms with van der Waals surface area (Å²) >= 11 is 0. The molecule has 0 aliphatic heterocycles. The van der Waals surface area contributed by atoms with Gasteiger partial charge in [0, 0.05) is 13.8 Å². The Kier molecular flexibility index (Phi) is 5.29. The van der Waals surface area contributed by atoms with Gasteiger partial charge in [-0.05, 0) is 12.2 Å². The number of rotatable bonds is 5. The number of carbonyl (C=O) groups is 2. The van der Waals surface area contributed by atoms with Gasteiger partial charge in [0.1, 0.15) is 0 Å². The smallest absolute Gasteiger partial charge is 0.303 e. The minimum Gasteiger partial charge on any atom is -0.454 e. The molecule has 1 unspecified atom stereocenters. The average molecular weight is 198 g/mol. The molecular weight excluding hydrogens is 184 g/mol. The first-order valence-electron chi connectivity index (χ1n) is 4.10. The molecule has 0 aromatic heterocycles. The van der Waals surface area contributed by atoms with Gasteiger partial charge >= 0.3 is 11.9 Å². The Labute approximate surface area is 83.2 Å².